The standard InChI is InChI=1S/C12H14BrNS/c13-11-7-3-6-10(8-11)12(14-15)9-4-1-2-5-9/h3,6-9,12H,1-2,4-5H2. The number of nitrogens with zero attached hydrogens (tertiary/aromatic N) is 1. The maximum absolute atomic E-state index is 4.95. The fourth-order valence-electron chi connectivity index (χ4n) is 2.38. The molecule has 0 aromatic heterocycles. The molecule has 1 aromatic carbocycles. The minimum Gasteiger partial charge on any atom is -0.211 e. The van der Waals surface area contributed by atoms with Gasteiger partial charge in [-0.3, -0.25) is 0 Å². The molecule has 1 unspecified atom stereocenters. The van der Waals surface area contributed by atoms with Crippen LogP contribution in [0, 0.1) is 5.92 Å². The molecule has 0 heterocycles. The molecule has 1 saturated carbocycles. The Morgan fingerprint density at radius 1 is 1.33 bits per heavy atom. The van der Waals surface area contributed by atoms with Gasteiger partial charge in [-0.15, -0.1) is 0 Å². The SMILES string of the molecule is S=NC(c1cccc(Br)c1)C1CCCC1. The molecule has 0 N–H and O–H groups in total. The van der Waals surface area contributed by atoms with Crippen LogP contribution in [-0.4, -0.2) is 0 Å². The predicted octanol–water partition coefficient (Wildman–Crippen LogP) is 4.41. The maximum Gasteiger partial charge on any atom is 0.0908 e. The maximum atomic E-state index is 4.95. The lowest BCUT2D eigenvalue weighted by Crippen LogP contribution is -2.06. The Bertz CT molecular complexity index is 347. The van der Waals surface area contributed by atoms with Crippen LogP contribution in [0.4, 0.5) is 0 Å². The van der Waals surface area contributed by atoms with Gasteiger partial charge < -0.3 is 0 Å². The molecular weight excluding hydrogens is 270 g/mol. The fourth-order valence-corrected chi connectivity index (χ4v) is 3.09. The minimum atomic E-state index is 0.222. The average Bonchev–Trinajstić information content (AvgIpc) is 2.72. The highest BCUT2D eigenvalue weighted by molar-refractivity contribution is 9.10. The van der Waals surface area contributed by atoms with Gasteiger partial charge in [0, 0.05) is 16.9 Å². The second kappa shape index (κ2) is 5.17. The van der Waals surface area contributed by atoms with E-state index in [0.29, 0.717) is 5.92 Å². The zero-order chi connectivity index (χ0) is 10.7. The van der Waals surface area contributed by atoms with Crippen molar-refractivity contribution in [3.63, 3.8) is 0 Å². The Kier molecular flexibility index (Phi) is 3.87. The first-order valence-electron chi connectivity index (χ1n) is 5.39. The predicted molar refractivity (Wildman–Crippen MR) is 68.6 cm³/mol. The Morgan fingerprint density at radius 3 is 2.67 bits per heavy atom. The molecule has 1 fully saturated rings. The number of hydrogen-bond donors (Lipinski definition) is 0. The lowest BCUT2D eigenvalue weighted by molar-refractivity contribution is 0.451. The molecule has 1 aliphatic rings. The Hall–Kier alpha value is -0.280. The van der Waals surface area contributed by atoms with Gasteiger partial charge in [0.05, 0.1) is 6.04 Å². The molecule has 1 aromatic rings. The second-order valence-electron chi connectivity index (χ2n) is 4.15. The monoisotopic (exact) mass is 283 g/mol. The molecule has 1 aliphatic carbocycles. The van der Waals surface area contributed by atoms with Gasteiger partial charge in [0.25, 0.3) is 0 Å². The van der Waals surface area contributed by atoms with E-state index in [2.05, 4.69) is 38.5 Å². The van der Waals surface area contributed by atoms with E-state index in [-0.39, 0.29) is 6.04 Å². The van der Waals surface area contributed by atoms with Gasteiger partial charge in [-0.2, -0.15) is 0 Å². The summed E-state index contributed by atoms with van der Waals surface area (Å²) in [6.07, 6.45) is 5.22. The van der Waals surface area contributed by atoms with Crippen molar-refractivity contribution >= 4 is 28.4 Å². The van der Waals surface area contributed by atoms with Crippen LogP contribution < -0.4 is 0 Å². The lowest BCUT2D eigenvalue weighted by atomic mass is 9.93. The molecule has 15 heavy (non-hydrogen) atoms. The zero-order valence-corrected chi connectivity index (χ0v) is 10.9. The van der Waals surface area contributed by atoms with Crippen LogP contribution in [0.25, 0.3) is 0 Å². The van der Waals surface area contributed by atoms with Crippen molar-refractivity contribution in [1.29, 1.82) is 0 Å². The highest BCUT2D eigenvalue weighted by Crippen LogP contribution is 2.38. The summed E-state index contributed by atoms with van der Waals surface area (Å²) in [7, 11) is 0. The van der Waals surface area contributed by atoms with E-state index in [4.69, 9.17) is 12.4 Å². The molecular formula is C12H14BrNS. The fraction of sp³-hybridized carbons (Fsp3) is 0.500. The van der Waals surface area contributed by atoms with E-state index in [9.17, 15) is 0 Å². The summed E-state index contributed by atoms with van der Waals surface area (Å²) in [5, 5.41) is 0. The van der Waals surface area contributed by atoms with E-state index in [0.717, 1.165) is 4.47 Å². The van der Waals surface area contributed by atoms with E-state index < -0.39 is 0 Å². The third-order valence-electron chi connectivity index (χ3n) is 3.15. The highest BCUT2D eigenvalue weighted by Gasteiger charge is 2.25. The largest absolute Gasteiger partial charge is 0.211 e. The van der Waals surface area contributed by atoms with Crippen molar-refractivity contribution in [2.45, 2.75) is 31.7 Å². The molecule has 1 atom stereocenters. The van der Waals surface area contributed by atoms with Crippen LogP contribution in [0.2, 0.25) is 0 Å². The highest BCUT2D eigenvalue weighted by atomic mass is 79.9. The van der Waals surface area contributed by atoms with E-state index in [1.807, 2.05) is 6.07 Å². The van der Waals surface area contributed by atoms with Crippen molar-refractivity contribution in [3.05, 3.63) is 34.3 Å². The van der Waals surface area contributed by atoms with Gasteiger partial charge in [-0.05, 0) is 36.5 Å². The summed E-state index contributed by atoms with van der Waals surface area (Å²) >= 11 is 8.44. The third-order valence-corrected chi connectivity index (χ3v) is 3.87. The third kappa shape index (κ3) is 2.64. The molecule has 0 radical (unpaired) electrons. The quantitative estimate of drug-likeness (QED) is 0.800. The van der Waals surface area contributed by atoms with E-state index >= 15 is 0 Å². The van der Waals surface area contributed by atoms with Crippen molar-refractivity contribution < 1.29 is 0 Å². The molecule has 2 rings (SSSR count). The van der Waals surface area contributed by atoms with Gasteiger partial charge in [0.15, 0.2) is 0 Å². The number of hydrogen-bond acceptors (Lipinski definition) is 2. The first-order valence-corrected chi connectivity index (χ1v) is 6.55. The van der Waals surface area contributed by atoms with Crippen molar-refractivity contribution in [2.75, 3.05) is 0 Å². The van der Waals surface area contributed by atoms with Gasteiger partial charge in [0.2, 0.25) is 0 Å². The first kappa shape index (κ1) is 11.2. The van der Waals surface area contributed by atoms with Gasteiger partial charge in [-0.1, -0.05) is 40.9 Å². The summed E-state index contributed by atoms with van der Waals surface area (Å²) in [5.74, 6) is 0.664. The van der Waals surface area contributed by atoms with Gasteiger partial charge >= 0.3 is 0 Å². The summed E-state index contributed by atoms with van der Waals surface area (Å²) in [5.41, 5.74) is 1.26. The van der Waals surface area contributed by atoms with E-state index in [1.165, 1.54) is 31.2 Å². The van der Waals surface area contributed by atoms with Crippen LogP contribution in [-0.2, 0) is 12.4 Å². The van der Waals surface area contributed by atoms with Crippen LogP contribution >= 0.6 is 15.9 Å². The summed E-state index contributed by atoms with van der Waals surface area (Å²) < 4.78 is 5.26. The topological polar surface area (TPSA) is 12.4 Å². The summed E-state index contributed by atoms with van der Waals surface area (Å²) in [6.45, 7) is 0. The summed E-state index contributed by atoms with van der Waals surface area (Å²) in [4.78, 5) is 0. The summed E-state index contributed by atoms with van der Waals surface area (Å²) in [6, 6.07) is 8.59. The van der Waals surface area contributed by atoms with Crippen LogP contribution in [0.3, 0.4) is 0 Å². The Morgan fingerprint density at radius 2 is 2.07 bits per heavy atom. The Balaban J connectivity index is 2.21. The van der Waals surface area contributed by atoms with Crippen LogP contribution in [0.5, 0.6) is 0 Å². The normalized spacial score (nSPS) is 19.0. The number of benzene rings is 1. The zero-order valence-electron chi connectivity index (χ0n) is 8.53. The molecule has 80 valence electrons. The molecule has 0 amide bonds. The molecule has 3 heteroatoms. The smallest absolute Gasteiger partial charge is 0.0908 e. The molecule has 0 bridgehead atoms. The molecule has 1 nitrogen and oxygen atoms in total. The van der Waals surface area contributed by atoms with Gasteiger partial charge in [0.1, 0.15) is 0 Å². The molecule has 0 saturated heterocycles. The molecule has 0 aliphatic heterocycles. The van der Waals surface area contributed by atoms with Crippen molar-refractivity contribution in [2.24, 2.45) is 10.3 Å². The van der Waals surface area contributed by atoms with Crippen LogP contribution in [0.1, 0.15) is 37.3 Å². The first-order chi connectivity index (χ1) is 7.31. The number of rotatable bonds is 3. The lowest BCUT2D eigenvalue weighted by Gasteiger charge is -2.18. The van der Waals surface area contributed by atoms with Crippen molar-refractivity contribution in [1.82, 2.24) is 0 Å². The molecule has 0 spiro atoms. The van der Waals surface area contributed by atoms with Crippen molar-refractivity contribution in [3.8, 4) is 0 Å². The van der Waals surface area contributed by atoms with Crippen LogP contribution in [0.15, 0.2) is 33.1 Å². The Labute approximate surface area is 105 Å². The van der Waals surface area contributed by atoms with E-state index in [1.54, 1.807) is 0 Å². The van der Waals surface area contributed by atoms with Gasteiger partial charge in [-0.25, -0.2) is 4.36 Å². The average molecular weight is 284 g/mol. The number of halogens is 1. The minimum absolute atomic E-state index is 0.222. The second-order valence-corrected chi connectivity index (χ2v) is 5.28.